The van der Waals surface area contributed by atoms with E-state index in [9.17, 15) is 18.0 Å². The van der Waals surface area contributed by atoms with Crippen LogP contribution in [-0.4, -0.2) is 46.1 Å². The molecule has 0 unspecified atom stereocenters. The summed E-state index contributed by atoms with van der Waals surface area (Å²) in [5.74, 6) is 0.272. The van der Waals surface area contributed by atoms with Gasteiger partial charge in [0.1, 0.15) is 11.5 Å². The highest BCUT2D eigenvalue weighted by Gasteiger charge is 2.34. The number of methoxy groups -OCH3 is 1. The fourth-order valence-corrected chi connectivity index (χ4v) is 6.03. The molecular formula is C36H38ClF3N6O3. The molecule has 0 saturated carbocycles. The lowest BCUT2D eigenvalue weighted by molar-refractivity contribution is -0.140. The molecule has 0 bridgehead atoms. The second-order valence-electron chi connectivity index (χ2n) is 11.3. The Labute approximate surface area is 287 Å². The van der Waals surface area contributed by atoms with E-state index in [0.717, 1.165) is 47.9 Å². The van der Waals surface area contributed by atoms with Gasteiger partial charge in [0.15, 0.2) is 0 Å². The van der Waals surface area contributed by atoms with Crippen molar-refractivity contribution in [3.05, 3.63) is 93.0 Å². The minimum Gasteiger partial charge on any atom is -0.481 e. The van der Waals surface area contributed by atoms with Crippen molar-refractivity contribution in [3.63, 3.8) is 0 Å². The summed E-state index contributed by atoms with van der Waals surface area (Å²) in [7, 11) is 3.01. The number of alkyl halides is 3. The topological polar surface area (TPSA) is 103 Å². The number of ether oxygens (including phenoxy) is 2. The van der Waals surface area contributed by atoms with Crippen molar-refractivity contribution in [1.82, 2.24) is 25.1 Å². The molecule has 3 aromatic heterocycles. The Morgan fingerprint density at radius 1 is 1.02 bits per heavy atom. The summed E-state index contributed by atoms with van der Waals surface area (Å²) in [6, 6.07) is 16.0. The van der Waals surface area contributed by atoms with Crippen LogP contribution in [0.15, 0.2) is 65.6 Å². The lowest BCUT2D eigenvalue weighted by atomic mass is 9.96. The number of pyridine rings is 2. The number of halogens is 4. The highest BCUT2D eigenvalue weighted by atomic mass is 35.5. The van der Waals surface area contributed by atoms with Crippen LogP contribution in [0.5, 0.6) is 5.88 Å². The SMILES string of the molecule is CC.COc1nc(-c2cccc(-c3cccc(Nc4nc(C(F)(F)F)cc5cnn(C)c(=O)c45)c3C)c2Cl)ccc1CNC1CCOCC1. The average molecular weight is 695 g/mol. The van der Waals surface area contributed by atoms with Gasteiger partial charge in [-0.3, -0.25) is 4.79 Å². The summed E-state index contributed by atoms with van der Waals surface area (Å²) < 4.78 is 53.4. The first-order chi connectivity index (χ1) is 23.5. The number of hydrogen-bond donors (Lipinski definition) is 2. The van der Waals surface area contributed by atoms with Crippen molar-refractivity contribution in [1.29, 1.82) is 0 Å². The summed E-state index contributed by atoms with van der Waals surface area (Å²) in [4.78, 5) is 21.5. The van der Waals surface area contributed by atoms with E-state index in [0.29, 0.717) is 51.6 Å². The van der Waals surface area contributed by atoms with E-state index in [1.54, 1.807) is 19.2 Å². The van der Waals surface area contributed by atoms with E-state index in [1.165, 1.54) is 13.2 Å². The van der Waals surface area contributed by atoms with Gasteiger partial charge < -0.3 is 20.1 Å². The van der Waals surface area contributed by atoms with Gasteiger partial charge in [-0.1, -0.05) is 61.8 Å². The number of aryl methyl sites for hydroxylation is 1. The number of aromatic nitrogens is 4. The van der Waals surface area contributed by atoms with Gasteiger partial charge in [0.2, 0.25) is 5.88 Å². The van der Waals surface area contributed by atoms with E-state index in [-0.39, 0.29) is 16.6 Å². The Hall–Kier alpha value is -4.52. The Kier molecular flexibility index (Phi) is 11.2. The molecule has 0 aliphatic carbocycles. The van der Waals surface area contributed by atoms with Crippen molar-refractivity contribution < 1.29 is 22.6 Å². The molecule has 0 spiro atoms. The Morgan fingerprint density at radius 3 is 2.43 bits per heavy atom. The van der Waals surface area contributed by atoms with Crippen LogP contribution in [0, 0.1) is 6.92 Å². The molecule has 1 fully saturated rings. The molecule has 6 rings (SSSR count). The highest BCUT2D eigenvalue weighted by Crippen LogP contribution is 2.40. The predicted octanol–water partition coefficient (Wildman–Crippen LogP) is 8.09. The maximum Gasteiger partial charge on any atom is 0.433 e. The summed E-state index contributed by atoms with van der Waals surface area (Å²) in [6.45, 7) is 7.91. The van der Waals surface area contributed by atoms with Crippen molar-refractivity contribution in [2.24, 2.45) is 7.05 Å². The molecule has 0 atom stereocenters. The van der Waals surface area contributed by atoms with Crippen LogP contribution >= 0.6 is 11.6 Å². The molecule has 2 N–H and O–H groups in total. The van der Waals surface area contributed by atoms with Gasteiger partial charge in [0, 0.05) is 60.6 Å². The second kappa shape index (κ2) is 15.4. The van der Waals surface area contributed by atoms with Crippen molar-refractivity contribution in [2.75, 3.05) is 25.6 Å². The summed E-state index contributed by atoms with van der Waals surface area (Å²) in [5, 5.41) is 10.9. The number of nitrogens with zero attached hydrogens (tertiary/aromatic N) is 4. The van der Waals surface area contributed by atoms with Gasteiger partial charge in [-0.05, 0) is 49.1 Å². The van der Waals surface area contributed by atoms with Crippen LogP contribution in [0.25, 0.3) is 33.2 Å². The number of fused-ring (bicyclic) bond motifs is 1. The van der Waals surface area contributed by atoms with Crippen molar-refractivity contribution in [3.8, 4) is 28.3 Å². The third-order valence-electron chi connectivity index (χ3n) is 8.30. The molecule has 0 amide bonds. The first kappa shape index (κ1) is 35.8. The summed E-state index contributed by atoms with van der Waals surface area (Å²) >= 11 is 7.03. The number of benzene rings is 2. The van der Waals surface area contributed by atoms with Gasteiger partial charge in [-0.25, -0.2) is 14.6 Å². The zero-order valence-corrected chi connectivity index (χ0v) is 28.7. The quantitative estimate of drug-likeness (QED) is 0.168. The van der Waals surface area contributed by atoms with Crippen LogP contribution in [0.4, 0.5) is 24.7 Å². The standard InChI is InChI=1S/C34H32ClF3N6O3.C2H6/c1-19-23(6-5-9-26(19)41-31-29-21(18-40-44(2)33(29)45)16-28(43-31)34(36,37)38)24-7-4-8-25(30(24)35)27-11-10-20(32(42-27)46-3)17-39-22-12-14-47-15-13-22;1-2/h4-11,16,18,22,39H,12-15,17H2,1-3H3,(H,41,43);1-2H3. The normalized spacial score (nSPS) is 13.6. The first-order valence-electron chi connectivity index (χ1n) is 16.0. The zero-order chi connectivity index (χ0) is 35.3. The molecule has 1 aliphatic rings. The third-order valence-corrected chi connectivity index (χ3v) is 8.71. The minimum atomic E-state index is -4.73. The number of nitrogens with one attached hydrogen (secondary N) is 2. The van der Waals surface area contributed by atoms with Crippen molar-refractivity contribution >= 4 is 33.9 Å². The summed E-state index contributed by atoms with van der Waals surface area (Å²) in [6.07, 6.45) is -1.61. The number of rotatable bonds is 8. The van der Waals surface area contributed by atoms with Crippen LogP contribution in [0.1, 0.15) is 43.5 Å². The van der Waals surface area contributed by atoms with Crippen LogP contribution < -0.4 is 20.9 Å². The van der Waals surface area contributed by atoms with Gasteiger partial charge in [0.25, 0.3) is 5.56 Å². The molecule has 5 aromatic rings. The summed E-state index contributed by atoms with van der Waals surface area (Å²) in [5.41, 5.74) is 3.08. The van der Waals surface area contributed by atoms with Gasteiger partial charge in [-0.15, -0.1) is 0 Å². The van der Waals surface area contributed by atoms with Crippen molar-refractivity contribution in [2.45, 2.75) is 52.4 Å². The maximum atomic E-state index is 13.8. The number of anilines is 2. The predicted molar refractivity (Wildman–Crippen MR) is 187 cm³/mol. The number of hydrogen-bond acceptors (Lipinski definition) is 8. The van der Waals surface area contributed by atoms with E-state index in [4.69, 9.17) is 26.1 Å². The van der Waals surface area contributed by atoms with E-state index in [1.807, 2.05) is 57.2 Å². The second-order valence-corrected chi connectivity index (χ2v) is 11.7. The largest absolute Gasteiger partial charge is 0.481 e. The lowest BCUT2D eigenvalue weighted by Crippen LogP contribution is -2.34. The molecule has 2 aromatic carbocycles. The van der Waals surface area contributed by atoms with Gasteiger partial charge in [0.05, 0.1) is 29.4 Å². The molecule has 4 heterocycles. The Balaban J connectivity index is 0.00000230. The fraction of sp³-hybridized carbons (Fsp3) is 0.333. The molecule has 0 radical (unpaired) electrons. The Morgan fingerprint density at radius 2 is 1.71 bits per heavy atom. The van der Waals surface area contributed by atoms with E-state index >= 15 is 0 Å². The Bertz CT molecular complexity index is 2010. The molecule has 1 aliphatic heterocycles. The van der Waals surface area contributed by atoms with Gasteiger partial charge >= 0.3 is 6.18 Å². The van der Waals surface area contributed by atoms with E-state index < -0.39 is 17.4 Å². The smallest absolute Gasteiger partial charge is 0.433 e. The van der Waals surface area contributed by atoms with Crippen LogP contribution in [-0.2, 0) is 24.5 Å². The maximum absolute atomic E-state index is 13.8. The van der Waals surface area contributed by atoms with Crippen LogP contribution in [0.2, 0.25) is 5.02 Å². The molecule has 9 nitrogen and oxygen atoms in total. The average Bonchev–Trinajstić information content (AvgIpc) is 3.11. The molecule has 13 heteroatoms. The van der Waals surface area contributed by atoms with Crippen LogP contribution in [0.3, 0.4) is 0 Å². The first-order valence-corrected chi connectivity index (χ1v) is 16.4. The highest BCUT2D eigenvalue weighted by molar-refractivity contribution is 6.36. The third kappa shape index (κ3) is 7.71. The lowest BCUT2D eigenvalue weighted by Gasteiger charge is -2.23. The molecule has 49 heavy (non-hydrogen) atoms. The molecule has 1 saturated heterocycles. The fourth-order valence-electron chi connectivity index (χ4n) is 5.70. The van der Waals surface area contributed by atoms with Gasteiger partial charge in [-0.2, -0.15) is 18.3 Å². The minimum absolute atomic E-state index is 0.00763. The monoisotopic (exact) mass is 694 g/mol. The molecular weight excluding hydrogens is 657 g/mol. The zero-order valence-electron chi connectivity index (χ0n) is 27.9. The van der Waals surface area contributed by atoms with E-state index in [2.05, 4.69) is 20.7 Å². The molecule has 258 valence electrons.